The van der Waals surface area contributed by atoms with Crippen molar-refractivity contribution in [3.63, 3.8) is 0 Å². The van der Waals surface area contributed by atoms with E-state index >= 15 is 0 Å². The van der Waals surface area contributed by atoms with Gasteiger partial charge in [0, 0.05) is 10.9 Å². The molecule has 4 nitrogen and oxygen atoms in total. The van der Waals surface area contributed by atoms with Gasteiger partial charge in [-0.3, -0.25) is 10.1 Å². The SMILES string of the molecule is Cc1csc(C(C)O)c1[N+](=O)[O-]. The number of nitrogens with zero attached hydrogens (tertiary/aromatic N) is 1. The van der Waals surface area contributed by atoms with Gasteiger partial charge in [-0.05, 0) is 13.8 Å². The lowest BCUT2D eigenvalue weighted by Gasteiger charge is -1.99. The minimum atomic E-state index is -0.760. The van der Waals surface area contributed by atoms with Crippen molar-refractivity contribution in [3.05, 3.63) is 25.9 Å². The van der Waals surface area contributed by atoms with Crippen LogP contribution in [0.1, 0.15) is 23.5 Å². The summed E-state index contributed by atoms with van der Waals surface area (Å²) in [5.74, 6) is 0. The minimum Gasteiger partial charge on any atom is -0.388 e. The van der Waals surface area contributed by atoms with E-state index < -0.39 is 11.0 Å². The van der Waals surface area contributed by atoms with E-state index in [9.17, 15) is 15.2 Å². The molecule has 1 unspecified atom stereocenters. The predicted molar refractivity (Wildman–Crippen MR) is 46.3 cm³/mol. The Balaban J connectivity index is 3.21. The maximum Gasteiger partial charge on any atom is 0.288 e. The molecule has 1 rings (SSSR count). The summed E-state index contributed by atoms with van der Waals surface area (Å²) in [6.07, 6.45) is -0.760. The van der Waals surface area contributed by atoms with Crippen molar-refractivity contribution in [1.29, 1.82) is 0 Å². The number of aryl methyl sites for hydroxylation is 1. The van der Waals surface area contributed by atoms with E-state index in [2.05, 4.69) is 0 Å². The van der Waals surface area contributed by atoms with Crippen LogP contribution in [-0.4, -0.2) is 10.0 Å². The third kappa shape index (κ3) is 1.46. The third-order valence-corrected chi connectivity index (χ3v) is 2.79. The second kappa shape index (κ2) is 3.20. The Kier molecular flexibility index (Phi) is 2.44. The van der Waals surface area contributed by atoms with Crippen molar-refractivity contribution >= 4 is 17.0 Å². The molecule has 0 saturated carbocycles. The Bertz CT molecular complexity index is 306. The zero-order valence-corrected chi connectivity index (χ0v) is 7.59. The fourth-order valence-electron chi connectivity index (χ4n) is 0.988. The highest BCUT2D eigenvalue weighted by Gasteiger charge is 2.22. The first-order valence-corrected chi connectivity index (χ1v) is 4.32. The summed E-state index contributed by atoms with van der Waals surface area (Å²) in [7, 11) is 0. The Morgan fingerprint density at radius 1 is 1.75 bits per heavy atom. The monoisotopic (exact) mass is 187 g/mol. The lowest BCUT2D eigenvalue weighted by molar-refractivity contribution is -0.386. The fraction of sp³-hybridized carbons (Fsp3) is 0.429. The molecule has 66 valence electrons. The van der Waals surface area contributed by atoms with Crippen LogP contribution in [0.25, 0.3) is 0 Å². The van der Waals surface area contributed by atoms with E-state index in [0.29, 0.717) is 10.4 Å². The average Bonchev–Trinajstić information content (AvgIpc) is 2.30. The fourth-order valence-corrected chi connectivity index (χ4v) is 1.95. The molecule has 0 spiro atoms. The van der Waals surface area contributed by atoms with Gasteiger partial charge in [-0.2, -0.15) is 0 Å². The van der Waals surface area contributed by atoms with Gasteiger partial charge in [0.25, 0.3) is 5.69 Å². The number of aliphatic hydroxyl groups excluding tert-OH is 1. The molecule has 0 amide bonds. The Labute approximate surface area is 73.6 Å². The van der Waals surface area contributed by atoms with Gasteiger partial charge >= 0.3 is 0 Å². The quantitative estimate of drug-likeness (QED) is 0.569. The zero-order chi connectivity index (χ0) is 9.30. The van der Waals surface area contributed by atoms with Crippen LogP contribution in [0.5, 0.6) is 0 Å². The van der Waals surface area contributed by atoms with Gasteiger partial charge in [-0.1, -0.05) is 0 Å². The topological polar surface area (TPSA) is 63.4 Å². The Morgan fingerprint density at radius 3 is 2.67 bits per heavy atom. The Morgan fingerprint density at radius 2 is 2.33 bits per heavy atom. The Hall–Kier alpha value is -0.940. The largest absolute Gasteiger partial charge is 0.388 e. The highest BCUT2D eigenvalue weighted by molar-refractivity contribution is 7.10. The molecule has 0 bridgehead atoms. The number of rotatable bonds is 2. The van der Waals surface area contributed by atoms with Crippen LogP contribution in [0, 0.1) is 17.0 Å². The first-order chi connectivity index (χ1) is 5.54. The van der Waals surface area contributed by atoms with Gasteiger partial charge in [0.05, 0.1) is 11.0 Å². The molecule has 1 aromatic rings. The van der Waals surface area contributed by atoms with Crippen LogP contribution < -0.4 is 0 Å². The number of hydrogen-bond donors (Lipinski definition) is 1. The molecule has 1 heterocycles. The van der Waals surface area contributed by atoms with Gasteiger partial charge in [0.2, 0.25) is 0 Å². The number of nitro groups is 1. The summed E-state index contributed by atoms with van der Waals surface area (Å²) in [6.45, 7) is 3.19. The highest BCUT2D eigenvalue weighted by Crippen LogP contribution is 2.34. The third-order valence-electron chi connectivity index (χ3n) is 1.53. The summed E-state index contributed by atoms with van der Waals surface area (Å²) in [5, 5.41) is 21.4. The summed E-state index contributed by atoms with van der Waals surface area (Å²) in [4.78, 5) is 10.5. The lowest BCUT2D eigenvalue weighted by Crippen LogP contribution is -1.95. The molecule has 12 heavy (non-hydrogen) atoms. The molecule has 0 aliphatic rings. The van der Waals surface area contributed by atoms with Crippen LogP contribution >= 0.6 is 11.3 Å². The second-order valence-electron chi connectivity index (χ2n) is 2.56. The summed E-state index contributed by atoms with van der Waals surface area (Å²) >= 11 is 1.22. The van der Waals surface area contributed by atoms with Crippen molar-refractivity contribution in [3.8, 4) is 0 Å². The molecule has 0 aliphatic carbocycles. The van der Waals surface area contributed by atoms with Crippen LogP contribution in [0.2, 0.25) is 0 Å². The van der Waals surface area contributed by atoms with Crippen LogP contribution in [0.15, 0.2) is 5.38 Å². The maximum atomic E-state index is 10.5. The van der Waals surface area contributed by atoms with E-state index in [4.69, 9.17) is 0 Å². The first-order valence-electron chi connectivity index (χ1n) is 3.44. The van der Waals surface area contributed by atoms with Crippen LogP contribution in [0.4, 0.5) is 5.69 Å². The maximum absolute atomic E-state index is 10.5. The average molecular weight is 187 g/mol. The smallest absolute Gasteiger partial charge is 0.288 e. The summed E-state index contributed by atoms with van der Waals surface area (Å²) in [6, 6.07) is 0. The zero-order valence-electron chi connectivity index (χ0n) is 6.77. The van der Waals surface area contributed by atoms with E-state index in [0.717, 1.165) is 0 Å². The number of aliphatic hydroxyl groups is 1. The van der Waals surface area contributed by atoms with Gasteiger partial charge in [0.15, 0.2) is 0 Å². The normalized spacial score (nSPS) is 12.9. The van der Waals surface area contributed by atoms with Crippen molar-refractivity contribution < 1.29 is 10.0 Å². The molecule has 1 N–H and O–H groups in total. The summed E-state index contributed by atoms with van der Waals surface area (Å²) in [5.41, 5.74) is 0.663. The summed E-state index contributed by atoms with van der Waals surface area (Å²) < 4.78 is 0. The molecule has 1 aromatic heterocycles. The molecule has 0 aromatic carbocycles. The molecule has 0 fully saturated rings. The molecule has 0 saturated heterocycles. The number of hydrogen-bond acceptors (Lipinski definition) is 4. The van der Waals surface area contributed by atoms with Crippen molar-refractivity contribution in [2.45, 2.75) is 20.0 Å². The van der Waals surface area contributed by atoms with E-state index in [-0.39, 0.29) is 5.69 Å². The minimum absolute atomic E-state index is 0.0509. The molecular formula is C7H9NO3S. The van der Waals surface area contributed by atoms with Crippen LogP contribution in [-0.2, 0) is 0 Å². The van der Waals surface area contributed by atoms with E-state index in [1.54, 1.807) is 12.3 Å². The number of thiophene rings is 1. The van der Waals surface area contributed by atoms with Gasteiger partial charge in [0.1, 0.15) is 4.88 Å². The molecule has 5 heteroatoms. The van der Waals surface area contributed by atoms with Gasteiger partial charge in [-0.15, -0.1) is 11.3 Å². The molecular weight excluding hydrogens is 178 g/mol. The van der Waals surface area contributed by atoms with E-state index in [1.165, 1.54) is 18.3 Å². The van der Waals surface area contributed by atoms with Gasteiger partial charge < -0.3 is 5.11 Å². The standard InChI is InChI=1S/C7H9NO3S/c1-4-3-12-7(5(2)9)6(4)8(10)11/h3,5,9H,1-2H3. The van der Waals surface area contributed by atoms with Gasteiger partial charge in [-0.25, -0.2) is 0 Å². The first kappa shape index (κ1) is 9.15. The molecule has 0 aliphatic heterocycles. The molecule has 1 atom stereocenters. The van der Waals surface area contributed by atoms with Crippen molar-refractivity contribution in [2.24, 2.45) is 0 Å². The lowest BCUT2D eigenvalue weighted by atomic mass is 10.2. The van der Waals surface area contributed by atoms with E-state index in [1.807, 2.05) is 0 Å². The van der Waals surface area contributed by atoms with Crippen LogP contribution in [0.3, 0.4) is 0 Å². The highest BCUT2D eigenvalue weighted by atomic mass is 32.1. The second-order valence-corrected chi connectivity index (χ2v) is 3.48. The van der Waals surface area contributed by atoms with Crippen molar-refractivity contribution in [1.82, 2.24) is 0 Å². The predicted octanol–water partition coefficient (Wildman–Crippen LogP) is 2.02. The molecule has 0 radical (unpaired) electrons. The van der Waals surface area contributed by atoms with Crippen molar-refractivity contribution in [2.75, 3.05) is 0 Å².